The molecule has 70 valence electrons. The molecule has 1 aromatic rings. The van der Waals surface area contributed by atoms with Crippen LogP contribution in [-0.4, -0.2) is 17.3 Å². The molecule has 4 heteroatoms. The van der Waals surface area contributed by atoms with Crippen LogP contribution in [0.2, 0.25) is 0 Å². The summed E-state index contributed by atoms with van der Waals surface area (Å²) in [7, 11) is 0. The Balaban J connectivity index is 2.39. The molecule has 0 aliphatic heterocycles. The van der Waals surface area contributed by atoms with E-state index in [9.17, 15) is 4.79 Å². The minimum absolute atomic E-state index is 0.217. The summed E-state index contributed by atoms with van der Waals surface area (Å²) >= 11 is 0. The van der Waals surface area contributed by atoms with Crippen molar-refractivity contribution in [1.82, 2.24) is 0 Å². The molecule has 0 aromatic heterocycles. The Kier molecular flexibility index (Phi) is 3.42. The third-order valence-electron chi connectivity index (χ3n) is 1.52. The standard InChI is InChI=1S/C9H11NO3/c10-8(9(11)12)13-6-7-4-2-1-3-5-7/h1-5,8H,6,10H2,(H,11,12). The molecular formula is C9H11NO3. The van der Waals surface area contributed by atoms with Crippen molar-refractivity contribution in [2.75, 3.05) is 0 Å². The van der Waals surface area contributed by atoms with Crippen molar-refractivity contribution < 1.29 is 14.6 Å². The molecule has 0 spiro atoms. The van der Waals surface area contributed by atoms with Crippen molar-refractivity contribution in [2.24, 2.45) is 5.73 Å². The van der Waals surface area contributed by atoms with Crippen molar-refractivity contribution in [1.29, 1.82) is 0 Å². The van der Waals surface area contributed by atoms with Gasteiger partial charge in [0, 0.05) is 0 Å². The Morgan fingerprint density at radius 1 is 1.46 bits per heavy atom. The summed E-state index contributed by atoms with van der Waals surface area (Å²) in [5.74, 6) is -1.16. The van der Waals surface area contributed by atoms with E-state index < -0.39 is 12.2 Å². The molecule has 0 heterocycles. The third-order valence-corrected chi connectivity index (χ3v) is 1.52. The zero-order valence-electron chi connectivity index (χ0n) is 7.01. The van der Waals surface area contributed by atoms with Crippen LogP contribution in [0.3, 0.4) is 0 Å². The molecule has 0 fully saturated rings. The molecule has 0 radical (unpaired) electrons. The van der Waals surface area contributed by atoms with E-state index in [1.807, 2.05) is 30.3 Å². The van der Waals surface area contributed by atoms with Crippen molar-refractivity contribution in [3.05, 3.63) is 35.9 Å². The van der Waals surface area contributed by atoms with Crippen LogP contribution >= 0.6 is 0 Å². The molecule has 13 heavy (non-hydrogen) atoms. The Bertz CT molecular complexity index is 273. The Labute approximate surface area is 75.9 Å². The van der Waals surface area contributed by atoms with E-state index in [4.69, 9.17) is 15.6 Å². The number of benzene rings is 1. The van der Waals surface area contributed by atoms with Crippen LogP contribution in [0.1, 0.15) is 5.56 Å². The zero-order chi connectivity index (χ0) is 9.68. The normalized spacial score (nSPS) is 12.4. The number of carbonyl (C=O) groups is 1. The number of hydrogen-bond acceptors (Lipinski definition) is 3. The SMILES string of the molecule is NC(OCc1ccccc1)C(=O)O. The fraction of sp³-hybridized carbons (Fsp3) is 0.222. The molecule has 0 bridgehead atoms. The van der Waals surface area contributed by atoms with Crippen molar-refractivity contribution in [3.8, 4) is 0 Å². The second kappa shape index (κ2) is 4.59. The fourth-order valence-electron chi connectivity index (χ4n) is 0.832. The van der Waals surface area contributed by atoms with E-state index >= 15 is 0 Å². The highest BCUT2D eigenvalue weighted by atomic mass is 16.5. The molecule has 0 saturated carbocycles. The quantitative estimate of drug-likeness (QED) is 0.666. The van der Waals surface area contributed by atoms with Gasteiger partial charge in [-0.15, -0.1) is 0 Å². The highest BCUT2D eigenvalue weighted by Crippen LogP contribution is 2.01. The van der Waals surface area contributed by atoms with Gasteiger partial charge in [-0.1, -0.05) is 30.3 Å². The summed E-state index contributed by atoms with van der Waals surface area (Å²) in [5.41, 5.74) is 6.04. The number of rotatable bonds is 4. The first-order valence-corrected chi connectivity index (χ1v) is 3.84. The first kappa shape index (κ1) is 9.70. The molecule has 0 aliphatic rings. The average molecular weight is 181 g/mol. The molecule has 3 N–H and O–H groups in total. The lowest BCUT2D eigenvalue weighted by molar-refractivity contribution is -0.150. The van der Waals surface area contributed by atoms with Gasteiger partial charge < -0.3 is 9.84 Å². The van der Waals surface area contributed by atoms with Crippen LogP contribution in [0.15, 0.2) is 30.3 Å². The highest BCUT2D eigenvalue weighted by Gasteiger charge is 2.10. The second-order valence-electron chi connectivity index (χ2n) is 2.56. The zero-order valence-corrected chi connectivity index (χ0v) is 7.01. The van der Waals surface area contributed by atoms with Gasteiger partial charge in [0.15, 0.2) is 0 Å². The van der Waals surface area contributed by atoms with Gasteiger partial charge in [0.05, 0.1) is 6.61 Å². The minimum atomic E-state index is -1.25. The van der Waals surface area contributed by atoms with Gasteiger partial charge >= 0.3 is 5.97 Å². The average Bonchev–Trinajstić information content (AvgIpc) is 2.15. The minimum Gasteiger partial charge on any atom is -0.478 e. The van der Waals surface area contributed by atoms with E-state index in [-0.39, 0.29) is 6.61 Å². The van der Waals surface area contributed by atoms with E-state index in [1.165, 1.54) is 0 Å². The number of hydrogen-bond donors (Lipinski definition) is 2. The number of aliphatic carboxylic acids is 1. The molecule has 0 aliphatic carbocycles. The van der Waals surface area contributed by atoms with Crippen molar-refractivity contribution >= 4 is 5.97 Å². The molecule has 1 rings (SSSR count). The van der Waals surface area contributed by atoms with Gasteiger partial charge in [-0.05, 0) is 5.56 Å². The predicted molar refractivity (Wildman–Crippen MR) is 46.8 cm³/mol. The number of nitrogens with two attached hydrogens (primary N) is 1. The predicted octanol–water partition coefficient (Wildman–Crippen LogP) is 0.573. The molecule has 4 nitrogen and oxygen atoms in total. The summed E-state index contributed by atoms with van der Waals surface area (Å²) in [6, 6.07) is 9.26. The molecule has 1 aromatic carbocycles. The molecule has 0 saturated heterocycles. The number of carboxylic acid groups (broad SMARTS) is 1. The summed E-state index contributed by atoms with van der Waals surface area (Å²) in [6.45, 7) is 0.217. The van der Waals surface area contributed by atoms with Crippen LogP contribution in [0.4, 0.5) is 0 Å². The monoisotopic (exact) mass is 181 g/mol. The van der Waals surface area contributed by atoms with Gasteiger partial charge in [0.2, 0.25) is 6.23 Å². The van der Waals surface area contributed by atoms with Crippen LogP contribution in [-0.2, 0) is 16.1 Å². The smallest absolute Gasteiger partial charge is 0.347 e. The lowest BCUT2D eigenvalue weighted by atomic mass is 10.2. The molecule has 1 atom stereocenters. The van der Waals surface area contributed by atoms with Crippen LogP contribution in [0.5, 0.6) is 0 Å². The van der Waals surface area contributed by atoms with Gasteiger partial charge in [-0.25, -0.2) is 4.79 Å². The lowest BCUT2D eigenvalue weighted by Gasteiger charge is -2.07. The largest absolute Gasteiger partial charge is 0.478 e. The van der Waals surface area contributed by atoms with Crippen LogP contribution in [0.25, 0.3) is 0 Å². The second-order valence-corrected chi connectivity index (χ2v) is 2.56. The third kappa shape index (κ3) is 3.23. The Hall–Kier alpha value is -1.39. The Morgan fingerprint density at radius 2 is 2.08 bits per heavy atom. The summed E-state index contributed by atoms with van der Waals surface area (Å²) in [4.78, 5) is 10.3. The number of carboxylic acids is 1. The van der Waals surface area contributed by atoms with Crippen molar-refractivity contribution in [3.63, 3.8) is 0 Å². The summed E-state index contributed by atoms with van der Waals surface area (Å²) in [6.07, 6.45) is -1.25. The van der Waals surface area contributed by atoms with E-state index in [0.717, 1.165) is 5.56 Å². The van der Waals surface area contributed by atoms with Crippen LogP contribution < -0.4 is 5.73 Å². The van der Waals surface area contributed by atoms with E-state index in [2.05, 4.69) is 0 Å². The van der Waals surface area contributed by atoms with E-state index in [1.54, 1.807) is 0 Å². The van der Waals surface area contributed by atoms with Gasteiger partial charge in [0.25, 0.3) is 0 Å². The maximum absolute atomic E-state index is 10.3. The molecule has 0 amide bonds. The lowest BCUT2D eigenvalue weighted by Crippen LogP contribution is -2.32. The summed E-state index contributed by atoms with van der Waals surface area (Å²) in [5, 5.41) is 8.41. The molecular weight excluding hydrogens is 170 g/mol. The first-order chi connectivity index (χ1) is 6.20. The van der Waals surface area contributed by atoms with Gasteiger partial charge in [-0.2, -0.15) is 0 Å². The fourth-order valence-corrected chi connectivity index (χ4v) is 0.832. The van der Waals surface area contributed by atoms with E-state index in [0.29, 0.717) is 0 Å². The summed E-state index contributed by atoms with van der Waals surface area (Å²) < 4.78 is 4.87. The van der Waals surface area contributed by atoms with Gasteiger partial charge in [0.1, 0.15) is 0 Å². The topological polar surface area (TPSA) is 72.5 Å². The Morgan fingerprint density at radius 3 is 2.62 bits per heavy atom. The molecule has 1 unspecified atom stereocenters. The maximum Gasteiger partial charge on any atom is 0.347 e. The first-order valence-electron chi connectivity index (χ1n) is 3.84. The maximum atomic E-state index is 10.3. The highest BCUT2D eigenvalue weighted by molar-refractivity contribution is 5.71. The van der Waals surface area contributed by atoms with Gasteiger partial charge in [-0.3, -0.25) is 5.73 Å². The van der Waals surface area contributed by atoms with Crippen molar-refractivity contribution in [2.45, 2.75) is 12.8 Å². The van der Waals surface area contributed by atoms with Crippen LogP contribution in [0, 0.1) is 0 Å². The number of ether oxygens (including phenoxy) is 1.